The van der Waals surface area contributed by atoms with Gasteiger partial charge in [0.25, 0.3) is 0 Å². The molecule has 3 aromatic rings. The number of nitrogens with two attached hydrogens (primary N) is 1. The Morgan fingerprint density at radius 1 is 1.18 bits per heavy atom. The average Bonchev–Trinajstić information content (AvgIpc) is 2.96. The fraction of sp³-hybridized carbons (Fsp3) is 0.0909. The third kappa shape index (κ3) is 2.09. The highest BCUT2D eigenvalue weighted by Crippen LogP contribution is 2.39. The summed E-state index contributed by atoms with van der Waals surface area (Å²) in [5.74, 6) is 5.70. The van der Waals surface area contributed by atoms with Gasteiger partial charge in [-0.15, -0.1) is 34.0 Å². The van der Waals surface area contributed by atoms with E-state index in [9.17, 15) is 0 Å². The average molecular weight is 345 g/mol. The molecule has 3 rings (SSSR count). The molecular formula is C11H9BrN2S3. The van der Waals surface area contributed by atoms with Crippen molar-refractivity contribution in [2.24, 2.45) is 5.84 Å². The zero-order valence-corrected chi connectivity index (χ0v) is 12.7. The molecule has 0 fully saturated rings. The maximum atomic E-state index is 5.70. The molecule has 3 aromatic heterocycles. The second-order valence-electron chi connectivity index (χ2n) is 3.53. The SMILES string of the molecule is NNC(c1cc2sccc2s1)c1sccc1Br. The normalized spacial score (nSPS) is 13.3. The molecule has 6 heteroatoms. The molecule has 0 radical (unpaired) electrons. The lowest BCUT2D eigenvalue weighted by atomic mass is 10.2. The maximum Gasteiger partial charge on any atom is 0.0906 e. The summed E-state index contributed by atoms with van der Waals surface area (Å²) in [6, 6.07) is 6.52. The van der Waals surface area contributed by atoms with E-state index in [4.69, 9.17) is 5.84 Å². The van der Waals surface area contributed by atoms with Crippen LogP contribution in [0.3, 0.4) is 0 Å². The van der Waals surface area contributed by atoms with Crippen LogP contribution in [0.25, 0.3) is 9.40 Å². The van der Waals surface area contributed by atoms with Crippen LogP contribution in [0.15, 0.2) is 33.4 Å². The molecule has 0 aromatic carbocycles. The number of hydrogen-bond donors (Lipinski definition) is 2. The van der Waals surface area contributed by atoms with Crippen molar-refractivity contribution in [3.05, 3.63) is 43.2 Å². The maximum absolute atomic E-state index is 5.70. The van der Waals surface area contributed by atoms with Crippen molar-refractivity contribution in [3.63, 3.8) is 0 Å². The van der Waals surface area contributed by atoms with E-state index in [1.807, 2.05) is 0 Å². The summed E-state index contributed by atoms with van der Waals surface area (Å²) in [5.41, 5.74) is 2.91. The highest BCUT2D eigenvalue weighted by atomic mass is 79.9. The van der Waals surface area contributed by atoms with Crippen molar-refractivity contribution in [2.75, 3.05) is 0 Å². The highest BCUT2D eigenvalue weighted by molar-refractivity contribution is 9.10. The number of rotatable bonds is 3. The van der Waals surface area contributed by atoms with E-state index in [1.54, 1.807) is 34.0 Å². The van der Waals surface area contributed by atoms with Crippen LogP contribution in [-0.4, -0.2) is 0 Å². The minimum absolute atomic E-state index is 0.0778. The number of hydrazine groups is 1. The molecule has 88 valence electrons. The number of hydrogen-bond acceptors (Lipinski definition) is 5. The van der Waals surface area contributed by atoms with E-state index < -0.39 is 0 Å². The van der Waals surface area contributed by atoms with E-state index in [0.29, 0.717) is 0 Å². The zero-order valence-electron chi connectivity index (χ0n) is 8.64. The van der Waals surface area contributed by atoms with Gasteiger partial charge in [-0.25, -0.2) is 5.43 Å². The van der Waals surface area contributed by atoms with E-state index in [1.165, 1.54) is 19.2 Å². The lowest BCUT2D eigenvalue weighted by Gasteiger charge is -2.12. The lowest BCUT2D eigenvalue weighted by molar-refractivity contribution is 0.655. The van der Waals surface area contributed by atoms with Gasteiger partial charge in [-0.2, -0.15) is 0 Å². The van der Waals surface area contributed by atoms with Crippen molar-refractivity contribution in [2.45, 2.75) is 6.04 Å². The molecule has 0 aliphatic heterocycles. The fourth-order valence-electron chi connectivity index (χ4n) is 1.73. The van der Waals surface area contributed by atoms with E-state index in [2.05, 4.69) is 50.3 Å². The molecule has 0 aliphatic carbocycles. The van der Waals surface area contributed by atoms with Crippen molar-refractivity contribution < 1.29 is 0 Å². The van der Waals surface area contributed by atoms with Gasteiger partial charge in [0.2, 0.25) is 0 Å². The monoisotopic (exact) mass is 344 g/mol. The van der Waals surface area contributed by atoms with Crippen LogP contribution in [0.5, 0.6) is 0 Å². The zero-order chi connectivity index (χ0) is 11.8. The van der Waals surface area contributed by atoms with Crippen LogP contribution in [0.4, 0.5) is 0 Å². The molecular weight excluding hydrogens is 336 g/mol. The Bertz CT molecular complexity index is 611. The largest absolute Gasteiger partial charge is 0.271 e. The predicted octanol–water partition coefficient (Wildman–Crippen LogP) is 4.34. The second-order valence-corrected chi connectivity index (χ2v) is 7.40. The predicted molar refractivity (Wildman–Crippen MR) is 80.9 cm³/mol. The quantitative estimate of drug-likeness (QED) is 0.547. The molecule has 0 amide bonds. The van der Waals surface area contributed by atoms with Crippen LogP contribution in [-0.2, 0) is 0 Å². The summed E-state index contributed by atoms with van der Waals surface area (Å²) in [6.07, 6.45) is 0. The first-order valence-electron chi connectivity index (χ1n) is 4.95. The number of thiophene rings is 3. The number of halogens is 1. The Hall–Kier alpha value is -0.240. The fourth-order valence-corrected chi connectivity index (χ4v) is 5.67. The third-order valence-corrected chi connectivity index (χ3v) is 6.61. The Morgan fingerprint density at radius 2 is 2.00 bits per heavy atom. The summed E-state index contributed by atoms with van der Waals surface area (Å²) >= 11 is 8.84. The van der Waals surface area contributed by atoms with Gasteiger partial charge in [0.05, 0.1) is 6.04 Å². The summed E-state index contributed by atoms with van der Waals surface area (Å²) < 4.78 is 3.78. The topological polar surface area (TPSA) is 38.0 Å². The highest BCUT2D eigenvalue weighted by Gasteiger charge is 2.19. The van der Waals surface area contributed by atoms with Crippen molar-refractivity contribution in [3.8, 4) is 0 Å². The van der Waals surface area contributed by atoms with Gasteiger partial charge in [-0.1, -0.05) is 0 Å². The second kappa shape index (κ2) is 4.79. The molecule has 17 heavy (non-hydrogen) atoms. The molecule has 2 nitrogen and oxygen atoms in total. The van der Waals surface area contributed by atoms with E-state index >= 15 is 0 Å². The minimum atomic E-state index is 0.0778. The number of nitrogens with one attached hydrogen (secondary N) is 1. The van der Waals surface area contributed by atoms with Gasteiger partial charge in [-0.05, 0) is 44.9 Å². The van der Waals surface area contributed by atoms with Crippen LogP contribution in [0.2, 0.25) is 0 Å². The van der Waals surface area contributed by atoms with Crippen molar-refractivity contribution >= 4 is 59.3 Å². The molecule has 3 N–H and O–H groups in total. The first kappa shape index (κ1) is 11.8. The summed E-state index contributed by atoms with van der Waals surface area (Å²) in [7, 11) is 0. The molecule has 0 bridgehead atoms. The van der Waals surface area contributed by atoms with Crippen molar-refractivity contribution in [1.82, 2.24) is 5.43 Å². The third-order valence-electron chi connectivity index (χ3n) is 2.52. The van der Waals surface area contributed by atoms with Gasteiger partial charge in [-0.3, -0.25) is 5.84 Å². The minimum Gasteiger partial charge on any atom is -0.271 e. The molecule has 0 saturated carbocycles. The summed E-state index contributed by atoms with van der Waals surface area (Å²) in [5, 5.41) is 4.19. The number of fused-ring (bicyclic) bond motifs is 1. The first-order valence-corrected chi connectivity index (χ1v) is 8.32. The lowest BCUT2D eigenvalue weighted by Crippen LogP contribution is -2.27. The Kier molecular flexibility index (Phi) is 3.34. The van der Waals surface area contributed by atoms with Crippen LogP contribution in [0.1, 0.15) is 15.8 Å². The molecule has 1 atom stereocenters. The van der Waals surface area contributed by atoms with Crippen LogP contribution in [0, 0.1) is 0 Å². The van der Waals surface area contributed by atoms with Crippen LogP contribution < -0.4 is 11.3 Å². The summed E-state index contributed by atoms with van der Waals surface area (Å²) in [6.45, 7) is 0. The van der Waals surface area contributed by atoms with Gasteiger partial charge in [0.1, 0.15) is 0 Å². The molecule has 1 unspecified atom stereocenters. The molecule has 0 aliphatic rings. The molecule has 0 saturated heterocycles. The first-order chi connectivity index (χ1) is 8.29. The van der Waals surface area contributed by atoms with Crippen LogP contribution >= 0.6 is 49.9 Å². The smallest absolute Gasteiger partial charge is 0.0906 e. The van der Waals surface area contributed by atoms with Gasteiger partial charge in [0, 0.05) is 23.6 Å². The van der Waals surface area contributed by atoms with E-state index in [-0.39, 0.29) is 6.04 Å². The Labute approximate surface area is 119 Å². The van der Waals surface area contributed by atoms with Gasteiger partial charge >= 0.3 is 0 Å². The van der Waals surface area contributed by atoms with Gasteiger partial charge in [0.15, 0.2) is 0 Å². The Morgan fingerprint density at radius 3 is 2.65 bits per heavy atom. The molecule has 3 heterocycles. The summed E-state index contributed by atoms with van der Waals surface area (Å²) in [4.78, 5) is 2.49. The van der Waals surface area contributed by atoms with Crippen molar-refractivity contribution in [1.29, 1.82) is 0 Å². The van der Waals surface area contributed by atoms with Gasteiger partial charge < -0.3 is 0 Å². The standard InChI is InChI=1S/C11H9BrN2S3/c12-6-1-3-16-11(6)10(14-13)9-5-8-7(17-9)2-4-15-8/h1-5,10,14H,13H2. The molecule has 0 spiro atoms. The Balaban J connectivity index is 2.06. The van der Waals surface area contributed by atoms with E-state index in [0.717, 1.165) is 4.47 Å².